The van der Waals surface area contributed by atoms with Gasteiger partial charge in [-0.2, -0.15) is 0 Å². The van der Waals surface area contributed by atoms with Gasteiger partial charge in [-0.25, -0.2) is 4.57 Å². The Labute approximate surface area is 332 Å². The van der Waals surface area contributed by atoms with Gasteiger partial charge in [0.2, 0.25) is 0 Å². The molecule has 0 saturated heterocycles. The average Bonchev–Trinajstić information content (AvgIpc) is 3.43. The summed E-state index contributed by atoms with van der Waals surface area (Å²) in [7, 11) is -4.33. The quantitative estimate of drug-likeness (QED) is 0.0156. The zero-order valence-electron chi connectivity index (χ0n) is 34.1. The Kier molecular flexibility index (Phi) is 31.4. The fourth-order valence-electron chi connectivity index (χ4n) is 6.37. The second kappa shape index (κ2) is 34.0. The molecular formula is C43H76NO10P. The number of hydrogen-bond acceptors (Lipinski definition) is 10. The number of ether oxygens (including phenoxy) is 2. The highest BCUT2D eigenvalue weighted by molar-refractivity contribution is 7.47. The van der Waals surface area contributed by atoms with E-state index in [9.17, 15) is 29.3 Å². The summed E-state index contributed by atoms with van der Waals surface area (Å²) in [5, 5.41) is 20.7. The minimum Gasteiger partial charge on any atom is -0.492 e. The van der Waals surface area contributed by atoms with Crippen molar-refractivity contribution in [3.8, 4) is 0 Å². The number of hydrogen-bond donors (Lipinski definition) is 4. The molecule has 11 nitrogen and oxygen atoms in total. The van der Waals surface area contributed by atoms with Gasteiger partial charge in [-0.3, -0.25) is 18.6 Å². The van der Waals surface area contributed by atoms with E-state index in [-0.39, 0.29) is 50.9 Å². The van der Waals surface area contributed by atoms with Crippen molar-refractivity contribution in [3.63, 3.8) is 0 Å². The molecule has 0 heterocycles. The Hall–Kier alpha value is -2.11. The minimum absolute atomic E-state index is 0.0120. The van der Waals surface area contributed by atoms with Gasteiger partial charge in [-0.1, -0.05) is 115 Å². The number of carbonyl (C=O) groups is 2. The topological polar surface area (TPSA) is 175 Å². The number of esters is 1. The summed E-state index contributed by atoms with van der Waals surface area (Å²) in [6.45, 7) is 3.78. The number of nitrogens with two attached hydrogens (primary N) is 1. The van der Waals surface area contributed by atoms with Gasteiger partial charge in [0.25, 0.3) is 0 Å². The standard InChI is InChI=1S/C43H76NO10P/c1-3-5-7-8-9-10-11-12-13-14-15-16-17-18-21-25-32-51-38(36-54-55(49,50)53-33-31-44)35-52-43(48)28-24-20-19-23-27-39-40(42(47)34-41(39)46)30-29-37(45)26-22-6-4-2/h10-11,19,23,25,29-30,32,37-41,45-46H,3-9,12-18,20-22,24,26-28,31,33-36,44H2,1-2H3,(H,49,50)/b11-10-,23-19-,30-29+,32-25+/t37-,38+,39+,40+,41-/m0/s1. The van der Waals surface area contributed by atoms with E-state index in [1.165, 1.54) is 70.5 Å². The SMILES string of the molecule is CCCCCC/C=C\CCCCCCCC/C=C/O[C@H](COC(=O)CCC/C=C\C[C@H]1[C@@H](O)CC(=O)[C@@H]1/C=C/[C@@H](O)CCCCC)COP(=O)(O)OCCN. The first-order valence-electron chi connectivity index (χ1n) is 21.3. The number of phosphoric ester groups is 1. The van der Waals surface area contributed by atoms with Crippen LogP contribution in [0.3, 0.4) is 0 Å². The molecule has 0 radical (unpaired) electrons. The van der Waals surface area contributed by atoms with Gasteiger partial charge < -0.3 is 30.3 Å². The molecule has 1 unspecified atom stereocenters. The molecular weight excluding hydrogens is 721 g/mol. The molecule has 1 rings (SSSR count). The van der Waals surface area contributed by atoms with Crippen molar-refractivity contribution < 1.29 is 47.8 Å². The largest absolute Gasteiger partial charge is 0.492 e. The number of rotatable bonds is 36. The second-order valence-electron chi connectivity index (χ2n) is 14.7. The summed E-state index contributed by atoms with van der Waals surface area (Å²) < 4.78 is 33.1. The number of phosphoric acid groups is 1. The molecule has 1 aliphatic rings. The van der Waals surface area contributed by atoms with Crippen LogP contribution in [0.2, 0.25) is 0 Å². The van der Waals surface area contributed by atoms with Crippen molar-refractivity contribution in [2.24, 2.45) is 17.6 Å². The van der Waals surface area contributed by atoms with E-state index in [1.54, 1.807) is 12.2 Å². The van der Waals surface area contributed by atoms with Crippen LogP contribution in [-0.2, 0) is 32.7 Å². The van der Waals surface area contributed by atoms with Gasteiger partial charge in [0.05, 0.1) is 31.7 Å². The van der Waals surface area contributed by atoms with Crippen LogP contribution in [0.5, 0.6) is 0 Å². The van der Waals surface area contributed by atoms with Crippen LogP contribution in [0.1, 0.15) is 155 Å². The molecule has 6 atom stereocenters. The maximum absolute atomic E-state index is 12.5. The number of unbranched alkanes of at least 4 members (excludes halogenated alkanes) is 14. The number of carbonyl (C=O) groups excluding carboxylic acids is 2. The molecule has 5 N–H and O–H groups in total. The van der Waals surface area contributed by atoms with Crippen LogP contribution in [0.15, 0.2) is 48.8 Å². The first-order chi connectivity index (χ1) is 26.6. The van der Waals surface area contributed by atoms with E-state index in [4.69, 9.17) is 24.3 Å². The molecule has 0 aromatic carbocycles. The van der Waals surface area contributed by atoms with E-state index in [0.29, 0.717) is 25.7 Å². The third kappa shape index (κ3) is 28.0. The van der Waals surface area contributed by atoms with Crippen molar-refractivity contribution in [1.82, 2.24) is 0 Å². The fraction of sp³-hybridized carbons (Fsp3) is 0.767. The van der Waals surface area contributed by atoms with E-state index in [1.807, 2.05) is 18.2 Å². The minimum atomic E-state index is -4.33. The third-order valence-corrected chi connectivity index (χ3v) is 10.7. The molecule has 0 aromatic rings. The van der Waals surface area contributed by atoms with Crippen molar-refractivity contribution in [1.29, 1.82) is 0 Å². The van der Waals surface area contributed by atoms with E-state index >= 15 is 0 Å². The predicted molar refractivity (Wildman–Crippen MR) is 220 cm³/mol. The van der Waals surface area contributed by atoms with Crippen molar-refractivity contribution in [2.45, 2.75) is 173 Å². The summed E-state index contributed by atoms with van der Waals surface area (Å²) in [6, 6.07) is 0. The summed E-state index contributed by atoms with van der Waals surface area (Å²) in [5.41, 5.74) is 5.35. The lowest BCUT2D eigenvalue weighted by Crippen LogP contribution is -2.25. The first kappa shape index (κ1) is 50.9. The summed E-state index contributed by atoms with van der Waals surface area (Å²) in [5.74, 6) is -1.11. The van der Waals surface area contributed by atoms with Crippen LogP contribution in [0, 0.1) is 11.8 Å². The smallest absolute Gasteiger partial charge is 0.472 e. The van der Waals surface area contributed by atoms with Gasteiger partial charge in [-0.15, -0.1) is 0 Å². The van der Waals surface area contributed by atoms with Gasteiger partial charge in [-0.05, 0) is 70.3 Å². The molecule has 0 amide bonds. The van der Waals surface area contributed by atoms with Crippen LogP contribution in [-0.4, -0.2) is 71.5 Å². The molecule has 1 fully saturated rings. The highest BCUT2D eigenvalue weighted by Gasteiger charge is 2.39. The Morgan fingerprint density at radius 3 is 2.11 bits per heavy atom. The average molecular weight is 798 g/mol. The number of Topliss-reactive ketones (excluding diaryl/α,β-unsaturated/α-hetero) is 1. The Balaban J connectivity index is 2.39. The lowest BCUT2D eigenvalue weighted by Gasteiger charge is -2.19. The Bertz CT molecular complexity index is 1140. The van der Waals surface area contributed by atoms with E-state index in [2.05, 4.69) is 26.0 Å². The molecule has 1 saturated carbocycles. The lowest BCUT2D eigenvalue weighted by molar-refractivity contribution is -0.147. The lowest BCUT2D eigenvalue weighted by atomic mass is 9.90. The Morgan fingerprint density at radius 1 is 0.836 bits per heavy atom. The van der Waals surface area contributed by atoms with Crippen molar-refractivity contribution in [2.75, 3.05) is 26.4 Å². The number of aliphatic hydroxyl groups excluding tert-OH is 2. The van der Waals surface area contributed by atoms with Gasteiger partial charge >= 0.3 is 13.8 Å². The monoisotopic (exact) mass is 798 g/mol. The molecule has 1 aliphatic carbocycles. The molecule has 12 heteroatoms. The molecule has 0 spiro atoms. The normalized spacial score (nSPS) is 20.0. The molecule has 0 aliphatic heterocycles. The number of ketones is 1. The maximum atomic E-state index is 12.5. The molecule has 55 heavy (non-hydrogen) atoms. The van der Waals surface area contributed by atoms with Crippen LogP contribution in [0.25, 0.3) is 0 Å². The van der Waals surface area contributed by atoms with Crippen LogP contribution >= 0.6 is 7.82 Å². The van der Waals surface area contributed by atoms with E-state index in [0.717, 1.165) is 38.5 Å². The van der Waals surface area contributed by atoms with Crippen molar-refractivity contribution >= 4 is 19.6 Å². The Morgan fingerprint density at radius 2 is 1.44 bits per heavy atom. The van der Waals surface area contributed by atoms with Gasteiger partial charge in [0, 0.05) is 31.2 Å². The number of allylic oxidation sites excluding steroid dienone is 6. The predicted octanol–water partition coefficient (Wildman–Crippen LogP) is 9.35. The van der Waals surface area contributed by atoms with Gasteiger partial charge in [0.1, 0.15) is 12.4 Å². The zero-order chi connectivity index (χ0) is 40.4. The van der Waals surface area contributed by atoms with Crippen LogP contribution in [0.4, 0.5) is 0 Å². The fourth-order valence-corrected chi connectivity index (χ4v) is 7.13. The summed E-state index contributed by atoms with van der Waals surface area (Å²) >= 11 is 0. The second-order valence-corrected chi connectivity index (χ2v) is 16.1. The zero-order valence-corrected chi connectivity index (χ0v) is 35.0. The maximum Gasteiger partial charge on any atom is 0.472 e. The molecule has 0 bridgehead atoms. The first-order valence-corrected chi connectivity index (χ1v) is 22.8. The molecule has 318 valence electrons. The summed E-state index contributed by atoms with van der Waals surface area (Å²) in [4.78, 5) is 34.9. The van der Waals surface area contributed by atoms with E-state index < -0.39 is 38.0 Å². The van der Waals surface area contributed by atoms with Crippen molar-refractivity contribution in [3.05, 3.63) is 48.8 Å². The van der Waals surface area contributed by atoms with Gasteiger partial charge in [0.15, 0.2) is 6.10 Å². The highest BCUT2D eigenvalue weighted by Crippen LogP contribution is 2.43. The third-order valence-electron chi connectivity index (χ3n) is 9.68. The highest BCUT2D eigenvalue weighted by atomic mass is 31.2. The van der Waals surface area contributed by atoms with Crippen LogP contribution < -0.4 is 5.73 Å². The number of aliphatic hydroxyl groups is 2. The summed E-state index contributed by atoms with van der Waals surface area (Å²) in [6.07, 6.45) is 34.4. The molecule has 0 aromatic heterocycles.